The quantitative estimate of drug-likeness (QED) is 0.456. The number of nitrogens with one attached hydrogen (secondary N) is 2. The van der Waals surface area contributed by atoms with Gasteiger partial charge in [-0.1, -0.05) is 49.4 Å². The molecule has 0 bridgehead atoms. The third-order valence-electron chi connectivity index (χ3n) is 4.95. The maximum absolute atomic E-state index is 12.3. The van der Waals surface area contributed by atoms with Crippen molar-refractivity contribution >= 4 is 35.3 Å². The summed E-state index contributed by atoms with van der Waals surface area (Å²) in [4.78, 5) is 28.6. The fourth-order valence-electron chi connectivity index (χ4n) is 3.18. The van der Waals surface area contributed by atoms with Gasteiger partial charge in [0.05, 0.1) is 10.6 Å². The highest BCUT2D eigenvalue weighted by Gasteiger charge is 2.20. The lowest BCUT2D eigenvalue weighted by Gasteiger charge is -2.18. The van der Waals surface area contributed by atoms with E-state index < -0.39 is 0 Å². The van der Waals surface area contributed by atoms with Crippen molar-refractivity contribution in [1.82, 2.24) is 10.2 Å². The van der Waals surface area contributed by atoms with Crippen LogP contribution in [0.25, 0.3) is 6.08 Å². The number of nitrogens with zero attached hydrogens (tertiary/aromatic N) is 1. The lowest BCUT2D eigenvalue weighted by Crippen LogP contribution is -2.28. The van der Waals surface area contributed by atoms with E-state index in [1.54, 1.807) is 12.1 Å². The predicted octanol–water partition coefficient (Wildman–Crippen LogP) is 4.62. The Balaban J connectivity index is 1.52. The second-order valence-electron chi connectivity index (χ2n) is 7.45. The molecular formula is C24H29N3O2S. The van der Waals surface area contributed by atoms with Crippen LogP contribution in [-0.4, -0.2) is 43.4 Å². The van der Waals surface area contributed by atoms with E-state index in [0.717, 1.165) is 35.7 Å². The van der Waals surface area contributed by atoms with Crippen molar-refractivity contribution in [2.45, 2.75) is 31.1 Å². The smallest absolute Gasteiger partial charge is 0.262 e. The summed E-state index contributed by atoms with van der Waals surface area (Å²) in [7, 11) is 2.12. The number of fused-ring (bicyclic) bond motifs is 1. The van der Waals surface area contributed by atoms with Gasteiger partial charge in [0.2, 0.25) is 0 Å². The number of unbranched alkanes of at least 4 members (excludes halogenated alkanes) is 1. The van der Waals surface area contributed by atoms with Crippen molar-refractivity contribution in [3.05, 3.63) is 64.6 Å². The van der Waals surface area contributed by atoms with Crippen LogP contribution in [0.5, 0.6) is 0 Å². The topological polar surface area (TPSA) is 61.4 Å². The van der Waals surface area contributed by atoms with Crippen molar-refractivity contribution in [3.63, 3.8) is 0 Å². The minimum Gasteiger partial charge on any atom is -0.352 e. The highest BCUT2D eigenvalue weighted by molar-refractivity contribution is 8.04. The van der Waals surface area contributed by atoms with Gasteiger partial charge < -0.3 is 15.5 Å². The van der Waals surface area contributed by atoms with Gasteiger partial charge in [0.1, 0.15) is 0 Å². The van der Waals surface area contributed by atoms with Crippen molar-refractivity contribution in [1.29, 1.82) is 0 Å². The number of hydrogen-bond donors (Lipinski definition) is 2. The lowest BCUT2D eigenvalue weighted by molar-refractivity contribution is -0.112. The number of benzene rings is 2. The SMILES string of the molecule is CCCCN(C)CCCNC(=O)c1ccc(/C=C2/Sc3ccccc3NC2=O)cc1. The fourth-order valence-corrected chi connectivity index (χ4v) is 4.13. The van der Waals surface area contributed by atoms with Gasteiger partial charge >= 0.3 is 0 Å². The van der Waals surface area contributed by atoms with E-state index in [1.807, 2.05) is 42.5 Å². The maximum atomic E-state index is 12.3. The Hall–Kier alpha value is -2.57. The Bertz CT molecular complexity index is 909. The molecule has 1 aliphatic rings. The zero-order valence-electron chi connectivity index (χ0n) is 17.6. The number of rotatable bonds is 9. The first-order valence-corrected chi connectivity index (χ1v) is 11.2. The van der Waals surface area contributed by atoms with Crippen molar-refractivity contribution in [2.24, 2.45) is 0 Å². The Morgan fingerprint density at radius 3 is 2.60 bits per heavy atom. The molecule has 2 N–H and O–H groups in total. The van der Waals surface area contributed by atoms with Crippen LogP contribution >= 0.6 is 11.8 Å². The molecule has 0 fully saturated rings. The number of para-hydroxylation sites is 1. The zero-order chi connectivity index (χ0) is 21.3. The van der Waals surface area contributed by atoms with Gasteiger partial charge in [-0.25, -0.2) is 0 Å². The summed E-state index contributed by atoms with van der Waals surface area (Å²) in [6.45, 7) is 4.94. The van der Waals surface area contributed by atoms with Crippen LogP contribution in [0, 0.1) is 0 Å². The van der Waals surface area contributed by atoms with E-state index >= 15 is 0 Å². The van der Waals surface area contributed by atoms with Gasteiger partial charge in [0.25, 0.3) is 11.8 Å². The second-order valence-corrected chi connectivity index (χ2v) is 8.53. The Kier molecular flexibility index (Phi) is 8.11. The van der Waals surface area contributed by atoms with E-state index in [-0.39, 0.29) is 11.8 Å². The van der Waals surface area contributed by atoms with Gasteiger partial charge in [0, 0.05) is 17.0 Å². The molecule has 0 saturated carbocycles. The monoisotopic (exact) mass is 423 g/mol. The van der Waals surface area contributed by atoms with Gasteiger partial charge in [-0.3, -0.25) is 9.59 Å². The van der Waals surface area contributed by atoms with E-state index in [4.69, 9.17) is 0 Å². The van der Waals surface area contributed by atoms with Crippen LogP contribution in [0.3, 0.4) is 0 Å². The van der Waals surface area contributed by atoms with Gasteiger partial charge in [-0.15, -0.1) is 0 Å². The molecule has 0 saturated heterocycles. The van der Waals surface area contributed by atoms with Crippen molar-refractivity contribution < 1.29 is 9.59 Å². The number of carbonyl (C=O) groups is 2. The van der Waals surface area contributed by atoms with Crippen LogP contribution in [0.1, 0.15) is 42.1 Å². The van der Waals surface area contributed by atoms with E-state index in [2.05, 4.69) is 29.5 Å². The van der Waals surface area contributed by atoms with Gasteiger partial charge in [0.15, 0.2) is 0 Å². The number of carbonyl (C=O) groups excluding carboxylic acids is 2. The number of hydrogen-bond acceptors (Lipinski definition) is 4. The number of thioether (sulfide) groups is 1. The first-order chi connectivity index (χ1) is 14.6. The summed E-state index contributed by atoms with van der Waals surface area (Å²) >= 11 is 1.46. The minimum absolute atomic E-state index is 0.0656. The first-order valence-electron chi connectivity index (χ1n) is 10.4. The molecule has 1 aliphatic heterocycles. The standard InChI is InChI=1S/C24H29N3O2S/c1-3-4-15-27(2)16-7-14-25-23(28)19-12-10-18(11-13-19)17-22-24(29)26-20-8-5-6-9-21(20)30-22/h5-6,8-13,17H,3-4,7,14-16H2,1-2H3,(H,25,28)(H,26,29)/b22-17+. The highest BCUT2D eigenvalue weighted by atomic mass is 32.2. The molecule has 30 heavy (non-hydrogen) atoms. The number of amides is 2. The van der Waals surface area contributed by atoms with Crippen molar-refractivity contribution in [2.75, 3.05) is 32.0 Å². The average Bonchev–Trinajstić information content (AvgIpc) is 2.76. The minimum atomic E-state index is -0.107. The van der Waals surface area contributed by atoms with E-state index in [9.17, 15) is 9.59 Å². The van der Waals surface area contributed by atoms with Crippen LogP contribution in [0.2, 0.25) is 0 Å². The van der Waals surface area contributed by atoms with Crippen LogP contribution in [0.15, 0.2) is 58.3 Å². The molecule has 1 heterocycles. The normalized spacial score (nSPS) is 14.5. The Morgan fingerprint density at radius 1 is 1.10 bits per heavy atom. The molecule has 0 radical (unpaired) electrons. The van der Waals surface area contributed by atoms with Gasteiger partial charge in [-0.2, -0.15) is 0 Å². The summed E-state index contributed by atoms with van der Waals surface area (Å²) in [5.41, 5.74) is 2.36. The third-order valence-corrected chi connectivity index (χ3v) is 6.04. The zero-order valence-corrected chi connectivity index (χ0v) is 18.4. The molecular weight excluding hydrogens is 394 g/mol. The average molecular weight is 424 g/mol. The third kappa shape index (κ3) is 6.21. The molecule has 5 nitrogen and oxygen atoms in total. The lowest BCUT2D eigenvalue weighted by atomic mass is 10.1. The Morgan fingerprint density at radius 2 is 1.83 bits per heavy atom. The molecule has 6 heteroatoms. The summed E-state index contributed by atoms with van der Waals surface area (Å²) in [6.07, 6.45) is 5.19. The Labute approximate surface area is 182 Å². The van der Waals surface area contributed by atoms with Gasteiger partial charge in [-0.05, 0) is 68.9 Å². The second kappa shape index (κ2) is 11.0. The summed E-state index contributed by atoms with van der Waals surface area (Å²) < 4.78 is 0. The summed E-state index contributed by atoms with van der Waals surface area (Å²) in [5, 5.41) is 5.89. The number of anilines is 1. The molecule has 3 rings (SSSR count). The molecule has 0 unspecified atom stereocenters. The summed E-state index contributed by atoms with van der Waals surface area (Å²) in [6, 6.07) is 15.1. The van der Waals surface area contributed by atoms with Crippen molar-refractivity contribution in [3.8, 4) is 0 Å². The molecule has 2 amide bonds. The van der Waals surface area contributed by atoms with E-state index in [1.165, 1.54) is 24.6 Å². The molecule has 0 aliphatic carbocycles. The van der Waals surface area contributed by atoms with Crippen LogP contribution in [0.4, 0.5) is 5.69 Å². The maximum Gasteiger partial charge on any atom is 0.262 e. The highest BCUT2D eigenvalue weighted by Crippen LogP contribution is 2.38. The molecule has 0 spiro atoms. The molecule has 0 atom stereocenters. The largest absolute Gasteiger partial charge is 0.352 e. The molecule has 158 valence electrons. The van der Waals surface area contributed by atoms with Crippen LogP contribution in [-0.2, 0) is 4.79 Å². The van der Waals surface area contributed by atoms with Crippen LogP contribution < -0.4 is 10.6 Å². The fraction of sp³-hybridized carbons (Fsp3) is 0.333. The molecule has 2 aromatic rings. The summed E-state index contributed by atoms with van der Waals surface area (Å²) in [5.74, 6) is -0.173. The predicted molar refractivity (Wildman–Crippen MR) is 125 cm³/mol. The first kappa shape index (κ1) is 22.1. The molecule has 2 aromatic carbocycles. The van der Waals surface area contributed by atoms with E-state index in [0.29, 0.717) is 17.0 Å². The molecule has 0 aromatic heterocycles.